The number of carbonyl (C=O) groups is 2. The van der Waals surface area contributed by atoms with Crippen molar-refractivity contribution in [3.8, 4) is 10.6 Å². The SMILES string of the molecule is CC(=O)N1c2ccc(-c3nnc(N)s3)cc2N(C(=O)c2ccco2)CC1C. The van der Waals surface area contributed by atoms with Gasteiger partial charge in [-0.2, -0.15) is 0 Å². The molecular formula is C18H17N5O3S. The lowest BCUT2D eigenvalue weighted by molar-refractivity contribution is -0.117. The molecule has 1 unspecified atom stereocenters. The van der Waals surface area contributed by atoms with E-state index in [1.807, 2.05) is 25.1 Å². The van der Waals surface area contributed by atoms with Gasteiger partial charge in [0.15, 0.2) is 5.76 Å². The molecule has 9 heteroatoms. The number of anilines is 3. The molecule has 0 aliphatic carbocycles. The first kappa shape index (κ1) is 17.2. The van der Waals surface area contributed by atoms with Crippen LogP contribution in [0.25, 0.3) is 10.6 Å². The predicted molar refractivity (Wildman–Crippen MR) is 103 cm³/mol. The number of hydrogen-bond donors (Lipinski definition) is 1. The lowest BCUT2D eigenvalue weighted by atomic mass is 10.0. The maximum atomic E-state index is 13.0. The molecule has 3 aromatic rings. The highest BCUT2D eigenvalue weighted by molar-refractivity contribution is 7.18. The first-order valence-electron chi connectivity index (χ1n) is 8.34. The van der Waals surface area contributed by atoms with Crippen molar-refractivity contribution in [2.24, 2.45) is 0 Å². The first-order chi connectivity index (χ1) is 13.0. The molecular weight excluding hydrogens is 366 g/mol. The van der Waals surface area contributed by atoms with Crippen LogP contribution < -0.4 is 15.5 Å². The third-order valence-corrected chi connectivity index (χ3v) is 5.22. The van der Waals surface area contributed by atoms with Crippen LogP contribution in [0.15, 0.2) is 41.0 Å². The van der Waals surface area contributed by atoms with Crippen LogP contribution in [-0.2, 0) is 4.79 Å². The quantitative estimate of drug-likeness (QED) is 0.729. The largest absolute Gasteiger partial charge is 0.459 e. The number of amides is 2. The minimum absolute atomic E-state index is 0.0817. The van der Waals surface area contributed by atoms with Gasteiger partial charge in [-0.3, -0.25) is 9.59 Å². The molecule has 0 radical (unpaired) electrons. The monoisotopic (exact) mass is 383 g/mol. The zero-order valence-electron chi connectivity index (χ0n) is 14.7. The average molecular weight is 383 g/mol. The number of benzene rings is 1. The fraction of sp³-hybridized carbons (Fsp3) is 0.222. The number of nitrogens with zero attached hydrogens (tertiary/aromatic N) is 4. The number of aromatic nitrogens is 2. The standard InChI is InChI=1S/C18H17N5O3S/c1-10-9-22(17(25)15-4-3-7-26-15)14-8-12(16-20-21-18(19)27-16)5-6-13(14)23(10)11(2)24/h3-8,10H,9H2,1-2H3,(H2,19,21). The molecule has 0 spiro atoms. The van der Waals surface area contributed by atoms with Gasteiger partial charge in [0.05, 0.1) is 23.7 Å². The topological polar surface area (TPSA) is 106 Å². The Hall–Kier alpha value is -3.20. The Morgan fingerprint density at radius 2 is 2.07 bits per heavy atom. The maximum Gasteiger partial charge on any atom is 0.294 e. The summed E-state index contributed by atoms with van der Waals surface area (Å²) in [5.74, 6) is -0.0954. The van der Waals surface area contributed by atoms with E-state index < -0.39 is 0 Å². The molecule has 0 saturated carbocycles. The van der Waals surface area contributed by atoms with E-state index in [1.165, 1.54) is 24.5 Å². The smallest absolute Gasteiger partial charge is 0.294 e. The van der Waals surface area contributed by atoms with E-state index in [9.17, 15) is 9.59 Å². The van der Waals surface area contributed by atoms with Crippen molar-refractivity contribution in [2.75, 3.05) is 22.1 Å². The van der Waals surface area contributed by atoms with E-state index in [1.54, 1.807) is 21.9 Å². The Labute approximate surface area is 159 Å². The van der Waals surface area contributed by atoms with Gasteiger partial charge < -0.3 is 20.0 Å². The highest BCUT2D eigenvalue weighted by Crippen LogP contribution is 2.40. The van der Waals surface area contributed by atoms with Gasteiger partial charge in [-0.1, -0.05) is 11.3 Å². The minimum atomic E-state index is -0.259. The molecule has 0 bridgehead atoms. The molecule has 138 valence electrons. The molecule has 27 heavy (non-hydrogen) atoms. The Morgan fingerprint density at radius 3 is 2.70 bits per heavy atom. The van der Waals surface area contributed by atoms with E-state index >= 15 is 0 Å². The molecule has 2 aromatic heterocycles. The molecule has 2 N–H and O–H groups in total. The summed E-state index contributed by atoms with van der Waals surface area (Å²) in [6, 6.07) is 8.63. The molecule has 1 aliphatic rings. The number of nitrogen functional groups attached to an aromatic ring is 1. The minimum Gasteiger partial charge on any atom is -0.459 e. The third-order valence-electron chi connectivity index (χ3n) is 4.42. The second kappa shape index (κ2) is 6.51. The van der Waals surface area contributed by atoms with E-state index in [2.05, 4.69) is 10.2 Å². The summed E-state index contributed by atoms with van der Waals surface area (Å²) < 4.78 is 5.28. The second-order valence-electron chi connectivity index (χ2n) is 6.28. The summed E-state index contributed by atoms with van der Waals surface area (Å²) in [7, 11) is 0. The van der Waals surface area contributed by atoms with Crippen LogP contribution in [0.3, 0.4) is 0 Å². The van der Waals surface area contributed by atoms with Crippen LogP contribution in [0.1, 0.15) is 24.4 Å². The Balaban J connectivity index is 1.85. The summed E-state index contributed by atoms with van der Waals surface area (Å²) in [4.78, 5) is 28.5. The number of fused-ring (bicyclic) bond motifs is 1. The van der Waals surface area contributed by atoms with Gasteiger partial charge in [0, 0.05) is 19.0 Å². The zero-order valence-corrected chi connectivity index (χ0v) is 15.6. The van der Waals surface area contributed by atoms with Crippen molar-refractivity contribution in [1.29, 1.82) is 0 Å². The van der Waals surface area contributed by atoms with Crippen LogP contribution >= 0.6 is 11.3 Å². The Morgan fingerprint density at radius 1 is 1.26 bits per heavy atom. The van der Waals surface area contributed by atoms with Crippen LogP contribution in [0.2, 0.25) is 0 Å². The Kier molecular flexibility index (Phi) is 4.15. The first-order valence-corrected chi connectivity index (χ1v) is 9.16. The van der Waals surface area contributed by atoms with Gasteiger partial charge in [-0.15, -0.1) is 10.2 Å². The molecule has 1 aromatic carbocycles. The van der Waals surface area contributed by atoms with E-state index in [4.69, 9.17) is 10.2 Å². The third kappa shape index (κ3) is 2.95. The summed E-state index contributed by atoms with van der Waals surface area (Å²) in [6.07, 6.45) is 1.46. The fourth-order valence-electron chi connectivity index (χ4n) is 3.31. The lowest BCUT2D eigenvalue weighted by Crippen LogP contribution is -2.51. The summed E-state index contributed by atoms with van der Waals surface area (Å²) in [6.45, 7) is 3.78. The molecule has 1 aliphatic heterocycles. The van der Waals surface area contributed by atoms with Crippen molar-refractivity contribution in [2.45, 2.75) is 19.9 Å². The highest BCUT2D eigenvalue weighted by Gasteiger charge is 2.35. The normalized spacial score (nSPS) is 16.3. The van der Waals surface area contributed by atoms with E-state index in [0.29, 0.717) is 28.1 Å². The van der Waals surface area contributed by atoms with Gasteiger partial charge in [0.1, 0.15) is 5.01 Å². The van der Waals surface area contributed by atoms with Gasteiger partial charge in [-0.05, 0) is 37.3 Å². The molecule has 2 amide bonds. The Bertz CT molecular complexity index is 1010. The fourth-order valence-corrected chi connectivity index (χ4v) is 3.92. The van der Waals surface area contributed by atoms with Crippen molar-refractivity contribution in [1.82, 2.24) is 10.2 Å². The predicted octanol–water partition coefficient (Wildman–Crippen LogP) is 2.78. The lowest BCUT2D eigenvalue weighted by Gasteiger charge is -2.40. The molecule has 0 fully saturated rings. The van der Waals surface area contributed by atoms with Crippen LogP contribution in [0, 0.1) is 0 Å². The van der Waals surface area contributed by atoms with Gasteiger partial charge in [0.2, 0.25) is 11.0 Å². The molecule has 3 heterocycles. The second-order valence-corrected chi connectivity index (χ2v) is 7.29. The summed E-state index contributed by atoms with van der Waals surface area (Å²) in [5, 5.41) is 8.92. The van der Waals surface area contributed by atoms with Crippen LogP contribution in [-0.4, -0.2) is 34.6 Å². The summed E-state index contributed by atoms with van der Waals surface area (Å²) in [5.41, 5.74) is 7.75. The van der Waals surface area contributed by atoms with Gasteiger partial charge >= 0.3 is 0 Å². The summed E-state index contributed by atoms with van der Waals surface area (Å²) >= 11 is 1.26. The molecule has 8 nitrogen and oxygen atoms in total. The number of rotatable bonds is 2. The molecule has 4 rings (SSSR count). The van der Waals surface area contributed by atoms with Crippen LogP contribution in [0.4, 0.5) is 16.5 Å². The van der Waals surface area contributed by atoms with E-state index in [-0.39, 0.29) is 23.6 Å². The van der Waals surface area contributed by atoms with Crippen molar-refractivity contribution >= 4 is 39.7 Å². The van der Waals surface area contributed by atoms with Gasteiger partial charge in [0.25, 0.3) is 5.91 Å². The van der Waals surface area contributed by atoms with Crippen LogP contribution in [0.5, 0.6) is 0 Å². The molecule has 0 saturated heterocycles. The molecule has 1 atom stereocenters. The van der Waals surface area contributed by atoms with Gasteiger partial charge in [-0.25, -0.2) is 0 Å². The van der Waals surface area contributed by atoms with Crippen molar-refractivity contribution < 1.29 is 14.0 Å². The van der Waals surface area contributed by atoms with E-state index in [0.717, 1.165) is 5.56 Å². The number of nitrogens with two attached hydrogens (primary N) is 1. The number of carbonyl (C=O) groups excluding carboxylic acids is 2. The zero-order chi connectivity index (χ0) is 19.1. The van der Waals surface area contributed by atoms with Crippen molar-refractivity contribution in [3.63, 3.8) is 0 Å². The number of hydrogen-bond acceptors (Lipinski definition) is 7. The average Bonchev–Trinajstić information content (AvgIpc) is 3.31. The highest BCUT2D eigenvalue weighted by atomic mass is 32.1. The number of furan rings is 1. The van der Waals surface area contributed by atoms with Crippen molar-refractivity contribution in [3.05, 3.63) is 42.4 Å². The maximum absolute atomic E-state index is 13.0.